The number of hydrogen-bond donors (Lipinski definition) is 1. The molecular weight excluding hydrogens is 314 g/mol. The Hall–Kier alpha value is -2.66. The van der Waals surface area contributed by atoms with E-state index >= 15 is 0 Å². The van der Waals surface area contributed by atoms with Gasteiger partial charge in [0.2, 0.25) is 5.91 Å². The predicted octanol–water partition coefficient (Wildman–Crippen LogP) is 2.77. The molecule has 5 nitrogen and oxygen atoms in total. The Labute approximate surface area is 149 Å². The molecule has 2 rings (SSSR count). The van der Waals surface area contributed by atoms with Crippen LogP contribution < -0.4 is 5.32 Å². The first-order valence-corrected chi connectivity index (χ1v) is 8.21. The third-order valence-corrected chi connectivity index (χ3v) is 3.81. The van der Waals surface area contributed by atoms with Crippen LogP contribution in [0.1, 0.15) is 21.5 Å². The molecule has 0 spiro atoms. The van der Waals surface area contributed by atoms with Gasteiger partial charge in [0.25, 0.3) is 5.91 Å². The summed E-state index contributed by atoms with van der Waals surface area (Å²) in [5.41, 5.74) is 3.68. The Bertz CT molecular complexity index is 722. The van der Waals surface area contributed by atoms with Crippen LogP contribution in [-0.4, -0.2) is 49.3 Å². The van der Waals surface area contributed by atoms with Crippen molar-refractivity contribution >= 4 is 17.5 Å². The fourth-order valence-electron chi connectivity index (χ4n) is 2.46. The molecule has 0 aromatic heterocycles. The van der Waals surface area contributed by atoms with E-state index in [0.717, 1.165) is 0 Å². The van der Waals surface area contributed by atoms with Gasteiger partial charge in [0, 0.05) is 31.9 Å². The van der Waals surface area contributed by atoms with Crippen molar-refractivity contribution < 1.29 is 9.59 Å². The van der Waals surface area contributed by atoms with Crippen LogP contribution in [0, 0.1) is 6.92 Å². The topological polar surface area (TPSA) is 52.7 Å². The minimum atomic E-state index is -0.0821. The van der Waals surface area contributed by atoms with E-state index in [1.165, 1.54) is 16.0 Å². The third kappa shape index (κ3) is 5.72. The van der Waals surface area contributed by atoms with Crippen LogP contribution in [0.25, 0.3) is 0 Å². The molecule has 2 aromatic rings. The number of hydrogen-bond acceptors (Lipinski definition) is 3. The molecule has 0 saturated carbocycles. The summed E-state index contributed by atoms with van der Waals surface area (Å²) < 4.78 is 0. The number of nitrogens with one attached hydrogen (secondary N) is 1. The molecule has 0 radical (unpaired) electrons. The number of anilines is 1. The molecule has 1 N–H and O–H groups in total. The SMILES string of the molecule is Cc1ccc(CN(C)CC(=O)Nc2ccc(C(=O)N(C)C)cc2)cc1. The molecule has 2 amide bonds. The Kier molecular flexibility index (Phi) is 6.31. The first-order valence-electron chi connectivity index (χ1n) is 8.21. The van der Waals surface area contributed by atoms with Gasteiger partial charge in [-0.2, -0.15) is 0 Å². The van der Waals surface area contributed by atoms with Crippen LogP contribution in [0.5, 0.6) is 0 Å². The van der Waals surface area contributed by atoms with E-state index in [4.69, 9.17) is 0 Å². The molecule has 0 heterocycles. The summed E-state index contributed by atoms with van der Waals surface area (Å²) in [5, 5.41) is 2.86. The minimum Gasteiger partial charge on any atom is -0.345 e. The lowest BCUT2D eigenvalue weighted by molar-refractivity contribution is -0.117. The fraction of sp³-hybridized carbons (Fsp3) is 0.300. The fourth-order valence-corrected chi connectivity index (χ4v) is 2.46. The molecule has 2 aromatic carbocycles. The highest BCUT2D eigenvalue weighted by Crippen LogP contribution is 2.11. The van der Waals surface area contributed by atoms with Gasteiger partial charge in [0.1, 0.15) is 0 Å². The Morgan fingerprint density at radius 1 is 0.920 bits per heavy atom. The van der Waals surface area contributed by atoms with Crippen LogP contribution in [-0.2, 0) is 11.3 Å². The largest absolute Gasteiger partial charge is 0.345 e. The maximum absolute atomic E-state index is 12.2. The average Bonchev–Trinajstić information content (AvgIpc) is 2.56. The standard InChI is InChI=1S/C20H25N3O2/c1-15-5-7-16(8-6-15)13-23(4)14-19(24)21-18-11-9-17(10-12-18)20(25)22(2)3/h5-12H,13-14H2,1-4H3,(H,21,24). The van der Waals surface area contributed by atoms with Gasteiger partial charge in [-0.05, 0) is 43.8 Å². The minimum absolute atomic E-state index is 0.0595. The van der Waals surface area contributed by atoms with E-state index in [1.54, 1.807) is 38.4 Å². The van der Waals surface area contributed by atoms with Crippen LogP contribution in [0.2, 0.25) is 0 Å². The Balaban J connectivity index is 1.87. The highest BCUT2D eigenvalue weighted by atomic mass is 16.2. The number of likely N-dealkylation sites (N-methyl/N-ethyl adjacent to an activating group) is 1. The molecule has 0 aliphatic heterocycles. The normalized spacial score (nSPS) is 10.6. The van der Waals surface area contributed by atoms with Crippen LogP contribution in [0.4, 0.5) is 5.69 Å². The lowest BCUT2D eigenvalue weighted by atomic mass is 10.1. The van der Waals surface area contributed by atoms with Crippen molar-refractivity contribution in [1.82, 2.24) is 9.80 Å². The molecule has 5 heteroatoms. The van der Waals surface area contributed by atoms with E-state index in [1.807, 2.05) is 11.9 Å². The number of carbonyl (C=O) groups is 2. The van der Waals surface area contributed by atoms with Gasteiger partial charge in [-0.15, -0.1) is 0 Å². The molecule has 25 heavy (non-hydrogen) atoms. The summed E-state index contributed by atoms with van der Waals surface area (Å²) in [6, 6.07) is 15.2. The Morgan fingerprint density at radius 3 is 2.08 bits per heavy atom. The van der Waals surface area contributed by atoms with Crippen molar-refractivity contribution in [3.63, 3.8) is 0 Å². The molecule has 0 fully saturated rings. The first-order chi connectivity index (χ1) is 11.8. The summed E-state index contributed by atoms with van der Waals surface area (Å²) in [6.45, 7) is 3.06. The average molecular weight is 339 g/mol. The summed E-state index contributed by atoms with van der Waals surface area (Å²) in [7, 11) is 5.34. The molecular formula is C20H25N3O2. The van der Waals surface area contributed by atoms with E-state index in [2.05, 4.69) is 36.5 Å². The Morgan fingerprint density at radius 2 is 1.52 bits per heavy atom. The van der Waals surface area contributed by atoms with Crippen molar-refractivity contribution in [3.05, 3.63) is 65.2 Å². The van der Waals surface area contributed by atoms with Gasteiger partial charge in [-0.1, -0.05) is 29.8 Å². The molecule has 0 atom stereocenters. The lowest BCUT2D eigenvalue weighted by Crippen LogP contribution is -2.29. The van der Waals surface area contributed by atoms with Crippen LogP contribution >= 0.6 is 0 Å². The quantitative estimate of drug-likeness (QED) is 0.880. The number of rotatable bonds is 6. The van der Waals surface area contributed by atoms with E-state index < -0.39 is 0 Å². The smallest absolute Gasteiger partial charge is 0.253 e. The highest BCUT2D eigenvalue weighted by Gasteiger charge is 2.10. The van der Waals surface area contributed by atoms with Gasteiger partial charge in [-0.25, -0.2) is 0 Å². The number of benzene rings is 2. The van der Waals surface area contributed by atoms with Gasteiger partial charge in [-0.3, -0.25) is 14.5 Å². The number of nitrogens with zero attached hydrogens (tertiary/aromatic N) is 2. The van der Waals surface area contributed by atoms with E-state index in [-0.39, 0.29) is 11.8 Å². The second kappa shape index (κ2) is 8.44. The van der Waals surface area contributed by atoms with Gasteiger partial charge in [0.15, 0.2) is 0 Å². The van der Waals surface area contributed by atoms with Crippen LogP contribution in [0.3, 0.4) is 0 Å². The number of amides is 2. The van der Waals surface area contributed by atoms with Gasteiger partial charge >= 0.3 is 0 Å². The van der Waals surface area contributed by atoms with Crippen LogP contribution in [0.15, 0.2) is 48.5 Å². The first kappa shape index (κ1) is 18.7. The van der Waals surface area contributed by atoms with Crippen molar-refractivity contribution in [1.29, 1.82) is 0 Å². The molecule has 0 saturated heterocycles. The summed E-state index contributed by atoms with van der Waals surface area (Å²) in [4.78, 5) is 27.5. The second-order valence-electron chi connectivity index (χ2n) is 6.48. The molecule has 0 unspecified atom stereocenters. The summed E-state index contributed by atoms with van der Waals surface area (Å²) >= 11 is 0. The maximum Gasteiger partial charge on any atom is 0.253 e. The molecule has 132 valence electrons. The maximum atomic E-state index is 12.2. The summed E-state index contributed by atoms with van der Waals surface area (Å²) in [6.07, 6.45) is 0. The zero-order valence-corrected chi connectivity index (χ0v) is 15.2. The number of aryl methyl sites for hydroxylation is 1. The van der Waals surface area contributed by atoms with E-state index in [9.17, 15) is 9.59 Å². The van der Waals surface area contributed by atoms with Gasteiger partial charge in [0.05, 0.1) is 6.54 Å². The van der Waals surface area contributed by atoms with Crippen molar-refractivity contribution in [2.24, 2.45) is 0 Å². The highest BCUT2D eigenvalue weighted by molar-refractivity contribution is 5.95. The van der Waals surface area contributed by atoms with Gasteiger partial charge < -0.3 is 10.2 Å². The third-order valence-electron chi connectivity index (χ3n) is 3.81. The lowest BCUT2D eigenvalue weighted by Gasteiger charge is -2.16. The molecule has 0 aliphatic rings. The second-order valence-corrected chi connectivity index (χ2v) is 6.48. The van der Waals surface area contributed by atoms with Crippen molar-refractivity contribution in [3.8, 4) is 0 Å². The number of carbonyl (C=O) groups excluding carboxylic acids is 2. The van der Waals surface area contributed by atoms with Crippen molar-refractivity contribution in [2.75, 3.05) is 33.0 Å². The summed E-state index contributed by atoms with van der Waals surface area (Å²) in [5.74, 6) is -0.142. The van der Waals surface area contributed by atoms with E-state index in [0.29, 0.717) is 24.3 Å². The molecule has 0 aliphatic carbocycles. The monoisotopic (exact) mass is 339 g/mol. The van der Waals surface area contributed by atoms with Crippen molar-refractivity contribution in [2.45, 2.75) is 13.5 Å². The zero-order chi connectivity index (χ0) is 18.4. The zero-order valence-electron chi connectivity index (χ0n) is 15.2. The predicted molar refractivity (Wildman–Crippen MR) is 101 cm³/mol. The molecule has 0 bridgehead atoms.